The molecule has 63 valence electrons. The minimum absolute atomic E-state index is 1.31. The van der Waals surface area contributed by atoms with Gasteiger partial charge in [0.05, 0.1) is 0 Å². The van der Waals surface area contributed by atoms with E-state index in [-0.39, 0.29) is 0 Å². The van der Waals surface area contributed by atoms with Crippen LogP contribution >= 0.6 is 0 Å². The van der Waals surface area contributed by atoms with Gasteiger partial charge in [-0.25, -0.2) is 0 Å². The molecule has 0 aliphatic carbocycles. The molecule has 0 atom stereocenters. The molecule has 0 bridgehead atoms. The summed E-state index contributed by atoms with van der Waals surface area (Å²) in [7, 11) is 1.47. The zero-order valence-electron chi connectivity index (χ0n) is 7.72. The van der Waals surface area contributed by atoms with Crippen molar-refractivity contribution >= 4 is 24.0 Å². The Hall–Kier alpha value is -0.386. The highest BCUT2D eigenvalue weighted by Gasteiger charge is 2.24. The summed E-state index contributed by atoms with van der Waals surface area (Å²) in [6, 6.07) is 8.37. The topological polar surface area (TPSA) is 9.23 Å². The van der Waals surface area contributed by atoms with Crippen molar-refractivity contribution in [3.63, 3.8) is 0 Å². The highest BCUT2D eigenvalue weighted by molar-refractivity contribution is 6.86. The molecule has 0 spiro atoms. The maximum atomic E-state index is 5.35. The third-order valence-electron chi connectivity index (χ3n) is 2.05. The summed E-state index contributed by atoms with van der Waals surface area (Å²) in [4.78, 5) is 0. The second-order valence-electron chi connectivity index (χ2n) is 3.43. The third-order valence-corrected chi connectivity index (χ3v) is 5.95. The maximum absolute atomic E-state index is 5.35. The molecule has 0 aliphatic rings. The molecule has 0 fully saturated rings. The van der Waals surface area contributed by atoms with Crippen molar-refractivity contribution < 1.29 is 4.12 Å². The van der Waals surface area contributed by atoms with E-state index in [0.717, 1.165) is 0 Å². The van der Waals surface area contributed by atoms with E-state index in [1.807, 2.05) is 0 Å². The Kier molecular flexibility index (Phi) is 2.87. The molecule has 12 heavy (non-hydrogen) atoms. The summed E-state index contributed by atoms with van der Waals surface area (Å²) in [6.45, 7) is 6.46. The lowest BCUT2D eigenvalue weighted by molar-refractivity contribution is 0.628. The molecular formula is C9H13OSi2. The Balaban J connectivity index is 3.10. The Morgan fingerprint density at radius 2 is 1.83 bits per heavy atom. The van der Waals surface area contributed by atoms with E-state index in [0.29, 0.717) is 0 Å². The van der Waals surface area contributed by atoms with E-state index < -0.39 is 8.32 Å². The Labute approximate surface area is 78.4 Å². The second-order valence-corrected chi connectivity index (χ2v) is 7.80. The van der Waals surface area contributed by atoms with Gasteiger partial charge < -0.3 is 4.12 Å². The van der Waals surface area contributed by atoms with Crippen LogP contribution in [0.4, 0.5) is 0 Å². The van der Waals surface area contributed by atoms with Gasteiger partial charge in [0.1, 0.15) is 0 Å². The maximum Gasteiger partial charge on any atom is 0.230 e. The number of benzene rings is 1. The number of hydrogen-bond acceptors (Lipinski definition) is 1. The fraction of sp³-hybridized carbons (Fsp3) is 0.333. The van der Waals surface area contributed by atoms with Gasteiger partial charge in [-0.1, -0.05) is 24.3 Å². The lowest BCUT2D eigenvalue weighted by Gasteiger charge is -2.22. The van der Waals surface area contributed by atoms with Crippen LogP contribution in [0.15, 0.2) is 24.3 Å². The first-order valence-corrected chi connectivity index (χ1v) is 7.30. The second kappa shape index (κ2) is 3.55. The molecule has 0 aliphatic heterocycles. The third kappa shape index (κ3) is 1.85. The number of hydrogen-bond donors (Lipinski definition) is 0. The molecule has 0 saturated heterocycles. The van der Waals surface area contributed by atoms with Crippen molar-refractivity contribution in [1.29, 1.82) is 0 Å². The summed E-state index contributed by atoms with van der Waals surface area (Å²) >= 11 is 0. The van der Waals surface area contributed by atoms with Crippen molar-refractivity contribution in [3.8, 4) is 0 Å². The van der Waals surface area contributed by atoms with Gasteiger partial charge in [-0.2, -0.15) is 0 Å². The van der Waals surface area contributed by atoms with Gasteiger partial charge in [0, 0.05) is 0 Å². The van der Waals surface area contributed by atoms with Crippen LogP contribution in [0.1, 0.15) is 5.56 Å². The quantitative estimate of drug-likeness (QED) is 0.647. The molecule has 1 aromatic rings. The lowest BCUT2D eigenvalue weighted by Crippen LogP contribution is -2.45. The molecule has 0 amide bonds. The smallest absolute Gasteiger partial charge is 0.230 e. The highest BCUT2D eigenvalue weighted by atomic mass is 28.4. The van der Waals surface area contributed by atoms with Crippen LogP contribution in [0.25, 0.3) is 0 Å². The molecule has 0 N–H and O–H groups in total. The van der Waals surface area contributed by atoms with Crippen molar-refractivity contribution in [2.24, 2.45) is 0 Å². The minimum atomic E-state index is -1.68. The van der Waals surface area contributed by atoms with E-state index in [4.69, 9.17) is 4.12 Å². The van der Waals surface area contributed by atoms with Crippen LogP contribution in [0.2, 0.25) is 13.1 Å². The Morgan fingerprint density at radius 3 is 2.33 bits per heavy atom. The van der Waals surface area contributed by atoms with Crippen LogP contribution in [-0.4, -0.2) is 18.8 Å². The minimum Gasteiger partial charge on any atom is -0.454 e. The average molecular weight is 193 g/mol. The van der Waals surface area contributed by atoms with Crippen molar-refractivity contribution in [2.45, 2.75) is 20.0 Å². The van der Waals surface area contributed by atoms with Gasteiger partial charge in [-0.05, 0) is 30.8 Å². The average Bonchev–Trinajstić information content (AvgIpc) is 2.05. The van der Waals surface area contributed by atoms with Crippen LogP contribution in [0, 0.1) is 6.92 Å². The SMILES string of the molecule is Cc1ccccc1[Si](C)(C)O[Si]. The molecule has 1 rings (SSSR count). The molecule has 1 aromatic carbocycles. The van der Waals surface area contributed by atoms with Crippen molar-refractivity contribution in [1.82, 2.24) is 0 Å². The summed E-state index contributed by atoms with van der Waals surface area (Å²) in [5.41, 5.74) is 1.31. The fourth-order valence-corrected chi connectivity index (χ4v) is 3.27. The van der Waals surface area contributed by atoms with Crippen LogP contribution < -0.4 is 5.19 Å². The van der Waals surface area contributed by atoms with Crippen LogP contribution in [0.3, 0.4) is 0 Å². The van der Waals surface area contributed by atoms with E-state index >= 15 is 0 Å². The fourth-order valence-electron chi connectivity index (χ4n) is 1.30. The van der Waals surface area contributed by atoms with Gasteiger partial charge in [0.2, 0.25) is 18.8 Å². The van der Waals surface area contributed by atoms with Gasteiger partial charge in [0.25, 0.3) is 0 Å². The first-order valence-electron chi connectivity index (χ1n) is 3.99. The van der Waals surface area contributed by atoms with Crippen molar-refractivity contribution in [2.75, 3.05) is 0 Å². The van der Waals surface area contributed by atoms with Gasteiger partial charge in [-0.3, -0.25) is 0 Å². The monoisotopic (exact) mass is 193 g/mol. The molecule has 0 unspecified atom stereocenters. The summed E-state index contributed by atoms with van der Waals surface area (Å²) in [6.07, 6.45) is 0. The lowest BCUT2D eigenvalue weighted by atomic mass is 10.2. The van der Waals surface area contributed by atoms with E-state index in [9.17, 15) is 0 Å². The van der Waals surface area contributed by atoms with Gasteiger partial charge in [-0.15, -0.1) is 0 Å². The Bertz CT molecular complexity index is 271. The molecule has 3 heteroatoms. The molecule has 3 radical (unpaired) electrons. The number of aryl methyl sites for hydroxylation is 1. The normalized spacial score (nSPS) is 11.7. The van der Waals surface area contributed by atoms with Crippen LogP contribution in [-0.2, 0) is 4.12 Å². The van der Waals surface area contributed by atoms with Gasteiger partial charge in [0.15, 0.2) is 0 Å². The largest absolute Gasteiger partial charge is 0.454 e. The molecular weight excluding hydrogens is 180 g/mol. The number of rotatable bonds is 2. The predicted octanol–water partition coefficient (Wildman–Crippen LogP) is 1.51. The van der Waals surface area contributed by atoms with E-state index in [1.54, 1.807) is 0 Å². The Morgan fingerprint density at radius 1 is 1.25 bits per heavy atom. The first kappa shape index (κ1) is 9.70. The molecule has 0 saturated carbocycles. The van der Waals surface area contributed by atoms with Gasteiger partial charge >= 0.3 is 0 Å². The van der Waals surface area contributed by atoms with E-state index in [2.05, 4.69) is 54.8 Å². The zero-order chi connectivity index (χ0) is 9.19. The molecule has 0 aromatic heterocycles. The van der Waals surface area contributed by atoms with Crippen molar-refractivity contribution in [3.05, 3.63) is 29.8 Å². The first-order chi connectivity index (χ1) is 5.58. The summed E-state index contributed by atoms with van der Waals surface area (Å²) < 4.78 is 5.35. The highest BCUT2D eigenvalue weighted by Crippen LogP contribution is 2.06. The molecule has 0 heterocycles. The van der Waals surface area contributed by atoms with E-state index in [1.165, 1.54) is 10.8 Å². The summed E-state index contributed by atoms with van der Waals surface area (Å²) in [5.74, 6) is 0. The zero-order valence-corrected chi connectivity index (χ0v) is 9.72. The summed E-state index contributed by atoms with van der Waals surface area (Å²) in [5, 5.41) is 1.35. The predicted molar refractivity (Wildman–Crippen MR) is 55.1 cm³/mol. The standard InChI is InChI=1S/C9H13OSi2/c1-8-6-4-5-7-9(8)12(2,3)10-11/h4-7H,1-3H3. The molecule has 1 nitrogen and oxygen atoms in total. The van der Waals surface area contributed by atoms with Crippen LogP contribution in [0.5, 0.6) is 0 Å².